The van der Waals surface area contributed by atoms with E-state index in [9.17, 15) is 0 Å². The monoisotopic (exact) mass is 249 g/mol. The van der Waals surface area contributed by atoms with Crippen LogP contribution in [0.1, 0.15) is 31.5 Å². The molecule has 0 amide bonds. The van der Waals surface area contributed by atoms with Gasteiger partial charge in [-0.2, -0.15) is 0 Å². The quantitative estimate of drug-likeness (QED) is 0.850. The van der Waals surface area contributed by atoms with Crippen molar-refractivity contribution in [2.75, 3.05) is 24.3 Å². The highest BCUT2D eigenvalue weighted by molar-refractivity contribution is 5.48. The summed E-state index contributed by atoms with van der Waals surface area (Å²) in [5.41, 5.74) is 5.92. The molecule has 3 N–H and O–H groups in total. The molecule has 1 saturated carbocycles. The van der Waals surface area contributed by atoms with E-state index in [4.69, 9.17) is 5.73 Å². The summed E-state index contributed by atoms with van der Waals surface area (Å²) in [6.45, 7) is 1.93. The van der Waals surface area contributed by atoms with Crippen LogP contribution < -0.4 is 16.0 Å². The molecule has 0 aliphatic heterocycles. The van der Waals surface area contributed by atoms with Crippen LogP contribution in [0.5, 0.6) is 0 Å². The van der Waals surface area contributed by atoms with E-state index in [-0.39, 0.29) is 0 Å². The van der Waals surface area contributed by atoms with Crippen LogP contribution in [0.25, 0.3) is 0 Å². The fraction of sp³-hybridized carbons (Fsp3) is 0.692. The molecule has 0 saturated heterocycles. The highest BCUT2D eigenvalue weighted by Crippen LogP contribution is 2.21. The third kappa shape index (κ3) is 3.32. The van der Waals surface area contributed by atoms with Gasteiger partial charge in [-0.1, -0.05) is 0 Å². The molecule has 5 nitrogen and oxygen atoms in total. The Bertz CT molecular complexity index is 396. The molecule has 0 aromatic carbocycles. The molecular formula is C13H23N5. The fourth-order valence-electron chi connectivity index (χ4n) is 2.33. The first kappa shape index (κ1) is 13.1. The molecule has 0 atom stereocenters. The van der Waals surface area contributed by atoms with Gasteiger partial charge in [0, 0.05) is 32.2 Å². The minimum atomic E-state index is 0.382. The summed E-state index contributed by atoms with van der Waals surface area (Å²) in [6, 6.07) is 2.88. The van der Waals surface area contributed by atoms with Crippen molar-refractivity contribution in [2.45, 2.75) is 44.7 Å². The average molecular weight is 249 g/mol. The standard InChI is InChI=1S/C13H23N5/c1-9-15-12(8-13(16-9)18(2)3)17-11-6-4-10(14)5-7-11/h8,10-11H,4-7,14H2,1-3H3,(H,15,16,17). The molecule has 18 heavy (non-hydrogen) atoms. The second-order valence-corrected chi connectivity index (χ2v) is 5.31. The number of nitrogens with two attached hydrogens (primary N) is 1. The van der Waals surface area contributed by atoms with E-state index in [0.29, 0.717) is 12.1 Å². The zero-order valence-electron chi connectivity index (χ0n) is 11.5. The molecule has 0 bridgehead atoms. The van der Waals surface area contributed by atoms with Gasteiger partial charge in [-0.25, -0.2) is 9.97 Å². The van der Waals surface area contributed by atoms with Gasteiger partial charge in [0.25, 0.3) is 0 Å². The first-order valence-corrected chi connectivity index (χ1v) is 6.59. The van der Waals surface area contributed by atoms with Crippen LogP contribution in [0.4, 0.5) is 11.6 Å². The lowest BCUT2D eigenvalue weighted by molar-refractivity contribution is 0.410. The van der Waals surface area contributed by atoms with Gasteiger partial charge in [0.05, 0.1) is 0 Å². The van der Waals surface area contributed by atoms with E-state index in [1.165, 1.54) is 0 Å². The lowest BCUT2D eigenvalue weighted by Gasteiger charge is -2.27. The van der Waals surface area contributed by atoms with Crippen molar-refractivity contribution in [3.8, 4) is 0 Å². The normalized spacial score (nSPS) is 23.8. The molecule has 1 aromatic rings. The molecule has 0 unspecified atom stereocenters. The lowest BCUT2D eigenvalue weighted by Crippen LogP contribution is -2.33. The maximum atomic E-state index is 5.92. The van der Waals surface area contributed by atoms with Crippen LogP contribution >= 0.6 is 0 Å². The summed E-state index contributed by atoms with van der Waals surface area (Å²) in [6.07, 6.45) is 4.45. The third-order valence-corrected chi connectivity index (χ3v) is 3.41. The van der Waals surface area contributed by atoms with Gasteiger partial charge >= 0.3 is 0 Å². The van der Waals surface area contributed by atoms with E-state index in [1.54, 1.807) is 0 Å². The molecule has 5 heteroatoms. The molecule has 1 heterocycles. The molecule has 0 radical (unpaired) electrons. The van der Waals surface area contributed by atoms with Crippen molar-refractivity contribution < 1.29 is 0 Å². The number of hydrogen-bond acceptors (Lipinski definition) is 5. The minimum absolute atomic E-state index is 0.382. The number of nitrogens with one attached hydrogen (secondary N) is 1. The van der Waals surface area contributed by atoms with E-state index < -0.39 is 0 Å². The first-order chi connectivity index (χ1) is 8.54. The summed E-state index contributed by atoms with van der Waals surface area (Å²) in [5, 5.41) is 3.50. The van der Waals surface area contributed by atoms with E-state index in [1.807, 2.05) is 32.0 Å². The number of hydrogen-bond donors (Lipinski definition) is 2. The Hall–Kier alpha value is -1.36. The maximum absolute atomic E-state index is 5.92. The molecule has 1 aromatic heterocycles. The molecule has 0 spiro atoms. The van der Waals surface area contributed by atoms with E-state index in [0.717, 1.165) is 43.1 Å². The van der Waals surface area contributed by atoms with Gasteiger partial charge in [0.2, 0.25) is 0 Å². The van der Waals surface area contributed by atoms with Crippen molar-refractivity contribution in [1.82, 2.24) is 9.97 Å². The zero-order chi connectivity index (χ0) is 13.1. The molecule has 1 aliphatic carbocycles. The van der Waals surface area contributed by atoms with Crippen LogP contribution in [0.3, 0.4) is 0 Å². The Kier molecular flexibility index (Phi) is 4.01. The Labute approximate surface area is 109 Å². The Balaban J connectivity index is 2.04. The highest BCUT2D eigenvalue weighted by atomic mass is 15.2. The first-order valence-electron chi connectivity index (χ1n) is 6.59. The van der Waals surface area contributed by atoms with Crippen molar-refractivity contribution in [1.29, 1.82) is 0 Å². The Morgan fingerprint density at radius 3 is 2.50 bits per heavy atom. The highest BCUT2D eigenvalue weighted by Gasteiger charge is 2.18. The number of aromatic nitrogens is 2. The third-order valence-electron chi connectivity index (χ3n) is 3.41. The van der Waals surface area contributed by atoms with Gasteiger partial charge in [0.15, 0.2) is 0 Å². The lowest BCUT2D eigenvalue weighted by atomic mass is 9.92. The number of nitrogens with zero attached hydrogens (tertiary/aromatic N) is 3. The minimum Gasteiger partial charge on any atom is -0.367 e. The van der Waals surface area contributed by atoms with Crippen LogP contribution in [0, 0.1) is 6.92 Å². The van der Waals surface area contributed by atoms with Gasteiger partial charge in [-0.15, -0.1) is 0 Å². The van der Waals surface area contributed by atoms with Gasteiger partial charge in [0.1, 0.15) is 17.5 Å². The topological polar surface area (TPSA) is 67.1 Å². The summed E-state index contributed by atoms with van der Waals surface area (Å²) in [7, 11) is 3.98. The van der Waals surface area contributed by atoms with E-state index >= 15 is 0 Å². The summed E-state index contributed by atoms with van der Waals surface area (Å²) < 4.78 is 0. The van der Waals surface area contributed by atoms with Crippen molar-refractivity contribution in [3.05, 3.63) is 11.9 Å². The van der Waals surface area contributed by atoms with Crippen LogP contribution in [-0.4, -0.2) is 36.1 Å². The maximum Gasteiger partial charge on any atom is 0.133 e. The summed E-state index contributed by atoms with van der Waals surface area (Å²) in [4.78, 5) is 10.8. The molecule has 1 aliphatic rings. The van der Waals surface area contributed by atoms with Crippen molar-refractivity contribution >= 4 is 11.6 Å². The zero-order valence-corrected chi connectivity index (χ0v) is 11.5. The predicted molar refractivity (Wildman–Crippen MR) is 75.0 cm³/mol. The molecule has 1 fully saturated rings. The van der Waals surface area contributed by atoms with Crippen molar-refractivity contribution in [2.24, 2.45) is 5.73 Å². The fourth-order valence-corrected chi connectivity index (χ4v) is 2.33. The second-order valence-electron chi connectivity index (χ2n) is 5.31. The summed E-state index contributed by atoms with van der Waals surface area (Å²) >= 11 is 0. The Morgan fingerprint density at radius 1 is 1.22 bits per heavy atom. The van der Waals surface area contributed by atoms with Crippen LogP contribution in [0.2, 0.25) is 0 Å². The number of rotatable bonds is 3. The van der Waals surface area contributed by atoms with Crippen LogP contribution in [-0.2, 0) is 0 Å². The molecule has 100 valence electrons. The van der Waals surface area contributed by atoms with E-state index in [2.05, 4.69) is 15.3 Å². The van der Waals surface area contributed by atoms with Gasteiger partial charge in [-0.3, -0.25) is 0 Å². The van der Waals surface area contributed by atoms with Crippen LogP contribution in [0.15, 0.2) is 6.07 Å². The second kappa shape index (κ2) is 5.52. The SMILES string of the molecule is Cc1nc(NC2CCC(N)CC2)cc(N(C)C)n1. The predicted octanol–water partition coefficient (Wildman–Crippen LogP) is 1.53. The van der Waals surface area contributed by atoms with Gasteiger partial charge < -0.3 is 16.0 Å². The number of aryl methyl sites for hydroxylation is 1. The largest absolute Gasteiger partial charge is 0.367 e. The number of anilines is 2. The van der Waals surface area contributed by atoms with Crippen molar-refractivity contribution in [3.63, 3.8) is 0 Å². The molecular weight excluding hydrogens is 226 g/mol. The average Bonchev–Trinajstić information content (AvgIpc) is 2.31. The smallest absolute Gasteiger partial charge is 0.133 e. The Morgan fingerprint density at radius 2 is 1.89 bits per heavy atom. The molecule has 2 rings (SSSR count). The van der Waals surface area contributed by atoms with Gasteiger partial charge in [-0.05, 0) is 32.6 Å². The summed E-state index contributed by atoms with van der Waals surface area (Å²) in [5.74, 6) is 2.67.